The molecule has 1 fully saturated rings. The first kappa shape index (κ1) is 14.2. The Labute approximate surface area is 125 Å². The van der Waals surface area contributed by atoms with E-state index in [2.05, 4.69) is 52.5 Å². The summed E-state index contributed by atoms with van der Waals surface area (Å²) in [5.74, 6) is 0.821. The highest BCUT2D eigenvalue weighted by molar-refractivity contribution is 5.27. The van der Waals surface area contributed by atoms with Crippen LogP contribution in [0.5, 0.6) is 0 Å². The highest BCUT2D eigenvalue weighted by Crippen LogP contribution is 2.16. The average Bonchev–Trinajstić information content (AvgIpc) is 2.50. The predicted octanol–water partition coefficient (Wildman–Crippen LogP) is 2.35. The third kappa shape index (κ3) is 3.65. The lowest BCUT2D eigenvalue weighted by Crippen LogP contribution is -2.35. The van der Waals surface area contributed by atoms with Crippen molar-refractivity contribution in [2.45, 2.75) is 26.3 Å². The Bertz CT molecular complexity index is 604. The summed E-state index contributed by atoms with van der Waals surface area (Å²) in [5, 5.41) is 3.45. The van der Waals surface area contributed by atoms with Gasteiger partial charge in [0.1, 0.15) is 5.82 Å². The molecule has 2 heterocycles. The molecule has 1 aromatic carbocycles. The Morgan fingerprint density at radius 2 is 2.00 bits per heavy atom. The number of hydrogen-bond acceptors (Lipinski definition) is 4. The number of aryl methyl sites for hydroxylation is 2. The Balaban J connectivity index is 1.81. The monoisotopic (exact) mass is 283 g/mol. The maximum Gasteiger partial charge on any atom is 0.125 e. The van der Waals surface area contributed by atoms with Crippen molar-refractivity contribution in [1.29, 1.82) is 0 Å². The molecular formula is C17H21N3O. The van der Waals surface area contributed by atoms with E-state index in [1.165, 1.54) is 11.1 Å². The van der Waals surface area contributed by atoms with E-state index in [0.717, 1.165) is 36.8 Å². The lowest BCUT2D eigenvalue weighted by Gasteiger charge is -2.23. The van der Waals surface area contributed by atoms with Gasteiger partial charge in [0.05, 0.1) is 24.9 Å². The van der Waals surface area contributed by atoms with Gasteiger partial charge in [-0.25, -0.2) is 9.97 Å². The van der Waals surface area contributed by atoms with E-state index in [0.29, 0.717) is 6.61 Å². The van der Waals surface area contributed by atoms with E-state index in [1.54, 1.807) is 0 Å². The number of rotatable bonds is 3. The third-order valence-corrected chi connectivity index (χ3v) is 3.70. The normalized spacial score (nSPS) is 18.7. The van der Waals surface area contributed by atoms with Crippen molar-refractivity contribution < 1.29 is 4.74 Å². The van der Waals surface area contributed by atoms with Crippen LogP contribution in [0.4, 0.5) is 0 Å². The molecule has 1 atom stereocenters. The van der Waals surface area contributed by atoms with E-state index in [4.69, 9.17) is 4.74 Å². The molecule has 3 rings (SSSR count). The first-order valence-corrected chi connectivity index (χ1v) is 7.42. The quantitative estimate of drug-likeness (QED) is 0.939. The molecule has 1 aromatic heterocycles. The van der Waals surface area contributed by atoms with Crippen molar-refractivity contribution in [3.63, 3.8) is 0 Å². The summed E-state index contributed by atoms with van der Waals surface area (Å²) >= 11 is 0. The molecule has 0 unspecified atom stereocenters. The van der Waals surface area contributed by atoms with Crippen LogP contribution in [0.1, 0.15) is 34.4 Å². The van der Waals surface area contributed by atoms with Crippen LogP contribution in [0.25, 0.3) is 0 Å². The van der Waals surface area contributed by atoms with Gasteiger partial charge in [-0.1, -0.05) is 29.8 Å². The second-order valence-electron chi connectivity index (χ2n) is 5.58. The number of hydrogen-bond donors (Lipinski definition) is 1. The fraction of sp³-hybridized carbons (Fsp3) is 0.412. The Morgan fingerprint density at radius 1 is 1.19 bits per heavy atom. The smallest absolute Gasteiger partial charge is 0.125 e. The summed E-state index contributed by atoms with van der Waals surface area (Å²) in [7, 11) is 0. The lowest BCUT2D eigenvalue weighted by molar-refractivity contribution is 0.0755. The van der Waals surface area contributed by atoms with Gasteiger partial charge in [-0.05, 0) is 25.5 Å². The number of benzene rings is 1. The zero-order valence-electron chi connectivity index (χ0n) is 12.6. The molecule has 0 spiro atoms. The van der Waals surface area contributed by atoms with Crippen LogP contribution in [-0.2, 0) is 11.2 Å². The molecule has 1 saturated heterocycles. The van der Waals surface area contributed by atoms with Crippen LogP contribution in [0.2, 0.25) is 0 Å². The van der Waals surface area contributed by atoms with Gasteiger partial charge in [0.25, 0.3) is 0 Å². The van der Waals surface area contributed by atoms with Crippen molar-refractivity contribution in [1.82, 2.24) is 15.3 Å². The molecule has 110 valence electrons. The number of aromatic nitrogens is 2. The maximum absolute atomic E-state index is 5.52. The second kappa shape index (κ2) is 6.33. The van der Waals surface area contributed by atoms with Crippen molar-refractivity contribution >= 4 is 0 Å². The molecule has 0 amide bonds. The molecular weight excluding hydrogens is 262 g/mol. The van der Waals surface area contributed by atoms with Crippen LogP contribution < -0.4 is 5.32 Å². The fourth-order valence-electron chi connectivity index (χ4n) is 2.59. The summed E-state index contributed by atoms with van der Waals surface area (Å²) in [6.45, 7) is 6.38. The highest BCUT2D eigenvalue weighted by atomic mass is 16.5. The summed E-state index contributed by atoms with van der Waals surface area (Å²) in [5.41, 5.74) is 4.65. The molecule has 2 aromatic rings. The second-order valence-corrected chi connectivity index (χ2v) is 5.58. The number of nitrogens with one attached hydrogen (secondary N) is 1. The van der Waals surface area contributed by atoms with Crippen LogP contribution in [0.3, 0.4) is 0 Å². The van der Waals surface area contributed by atoms with Crippen LogP contribution in [0.15, 0.2) is 30.3 Å². The maximum atomic E-state index is 5.52. The van der Waals surface area contributed by atoms with Gasteiger partial charge in [-0.15, -0.1) is 0 Å². The summed E-state index contributed by atoms with van der Waals surface area (Å²) in [6, 6.07) is 10.9. The molecule has 0 aliphatic carbocycles. The average molecular weight is 283 g/mol. The van der Waals surface area contributed by atoms with Gasteiger partial charge in [-0.2, -0.15) is 0 Å². The predicted molar refractivity (Wildman–Crippen MR) is 82.3 cm³/mol. The van der Waals surface area contributed by atoms with E-state index in [9.17, 15) is 0 Å². The Morgan fingerprint density at radius 3 is 2.71 bits per heavy atom. The molecule has 4 heteroatoms. The van der Waals surface area contributed by atoms with Crippen LogP contribution in [0, 0.1) is 13.8 Å². The van der Waals surface area contributed by atoms with Gasteiger partial charge in [0, 0.05) is 18.7 Å². The minimum Gasteiger partial charge on any atom is -0.378 e. The Hall–Kier alpha value is -1.78. The standard InChI is InChI=1S/C17H21N3O/c1-12-3-5-14(6-4-12)9-15-10-16(20-13(2)19-15)17-11-21-8-7-18-17/h3-6,10,17-18H,7-9,11H2,1-2H3/t17-/m0/s1. The number of nitrogens with zero attached hydrogens (tertiary/aromatic N) is 2. The fourth-order valence-corrected chi connectivity index (χ4v) is 2.59. The van der Waals surface area contributed by atoms with Crippen molar-refractivity contribution in [3.8, 4) is 0 Å². The summed E-state index contributed by atoms with van der Waals surface area (Å²) in [6.07, 6.45) is 0.838. The minimum atomic E-state index is 0.178. The topological polar surface area (TPSA) is 47.0 Å². The minimum absolute atomic E-state index is 0.178. The lowest BCUT2D eigenvalue weighted by atomic mass is 10.1. The molecule has 1 N–H and O–H groups in total. The summed E-state index contributed by atoms with van der Waals surface area (Å²) < 4.78 is 5.52. The molecule has 4 nitrogen and oxygen atoms in total. The van der Waals surface area contributed by atoms with Gasteiger partial charge < -0.3 is 10.1 Å². The number of morpholine rings is 1. The zero-order valence-corrected chi connectivity index (χ0v) is 12.6. The highest BCUT2D eigenvalue weighted by Gasteiger charge is 2.17. The SMILES string of the molecule is Cc1ccc(Cc2cc([C@@H]3COCCN3)nc(C)n2)cc1. The van der Waals surface area contributed by atoms with Gasteiger partial charge in [-0.3, -0.25) is 0 Å². The molecule has 0 bridgehead atoms. The molecule has 1 aliphatic heterocycles. The van der Waals surface area contributed by atoms with Crippen LogP contribution in [-0.4, -0.2) is 29.7 Å². The van der Waals surface area contributed by atoms with Gasteiger partial charge in [0.2, 0.25) is 0 Å². The van der Waals surface area contributed by atoms with E-state index in [1.807, 2.05) is 6.92 Å². The van der Waals surface area contributed by atoms with E-state index in [-0.39, 0.29) is 6.04 Å². The molecule has 0 radical (unpaired) electrons. The number of ether oxygens (including phenoxy) is 1. The summed E-state index contributed by atoms with van der Waals surface area (Å²) in [4.78, 5) is 9.13. The molecule has 21 heavy (non-hydrogen) atoms. The van der Waals surface area contributed by atoms with E-state index >= 15 is 0 Å². The van der Waals surface area contributed by atoms with Gasteiger partial charge >= 0.3 is 0 Å². The zero-order chi connectivity index (χ0) is 14.7. The van der Waals surface area contributed by atoms with Gasteiger partial charge in [0.15, 0.2) is 0 Å². The molecule has 1 aliphatic rings. The van der Waals surface area contributed by atoms with Crippen molar-refractivity contribution in [2.75, 3.05) is 19.8 Å². The first-order valence-electron chi connectivity index (χ1n) is 7.42. The largest absolute Gasteiger partial charge is 0.378 e. The van der Waals surface area contributed by atoms with Crippen molar-refractivity contribution in [2.24, 2.45) is 0 Å². The van der Waals surface area contributed by atoms with E-state index < -0.39 is 0 Å². The molecule has 0 saturated carbocycles. The van der Waals surface area contributed by atoms with Crippen LogP contribution >= 0.6 is 0 Å². The third-order valence-electron chi connectivity index (χ3n) is 3.70. The first-order chi connectivity index (χ1) is 10.2. The van der Waals surface area contributed by atoms with Crippen molar-refractivity contribution in [3.05, 3.63) is 58.7 Å². The Kier molecular flexibility index (Phi) is 4.27.